The topological polar surface area (TPSA) is 97.6 Å². The number of aryl methyl sites for hydroxylation is 1. The van der Waals surface area contributed by atoms with Gasteiger partial charge in [-0.2, -0.15) is 0 Å². The summed E-state index contributed by atoms with van der Waals surface area (Å²) in [5, 5.41) is 5.42. The van der Waals surface area contributed by atoms with E-state index >= 15 is 0 Å². The van der Waals surface area contributed by atoms with Crippen molar-refractivity contribution in [2.24, 2.45) is 0 Å². The summed E-state index contributed by atoms with van der Waals surface area (Å²) in [6, 6.07) is 6.59. The Kier molecular flexibility index (Phi) is 7.59. The van der Waals surface area contributed by atoms with Gasteiger partial charge in [-0.15, -0.1) is 0 Å². The Morgan fingerprint density at radius 2 is 1.90 bits per heavy atom. The van der Waals surface area contributed by atoms with Gasteiger partial charge in [-0.05, 0) is 37.1 Å². The molecule has 0 saturated carbocycles. The molecule has 1 heterocycles. The highest BCUT2D eigenvalue weighted by atomic mass is 16.5. The number of hydrogen-bond donors (Lipinski definition) is 2. The molecule has 0 spiro atoms. The van der Waals surface area contributed by atoms with Crippen molar-refractivity contribution in [1.29, 1.82) is 0 Å². The molecule has 1 aromatic carbocycles. The van der Waals surface area contributed by atoms with Crippen LogP contribution in [0, 0.1) is 6.92 Å². The second-order valence-corrected chi connectivity index (χ2v) is 6.95. The zero-order chi connectivity index (χ0) is 21.6. The number of benzene rings is 1. The molecule has 2 rings (SSSR count). The minimum Gasteiger partial charge on any atom is -0.494 e. The lowest BCUT2D eigenvalue weighted by Crippen LogP contribution is -2.23. The van der Waals surface area contributed by atoms with Crippen LogP contribution in [0.4, 0.5) is 11.4 Å². The molecule has 0 fully saturated rings. The number of methoxy groups -OCH3 is 1. The standard InChI is InChI=1S/C22H28N2O5/c1-6-8-13(3)17-11-14(4)20(22(27)29-17)21(26)23-15-9-10-16(18(12-15)28-5)24-19(25)7-2/h9-13H,6-8H2,1-5H3,(H,23,26)(H,24,25). The molecule has 1 atom stereocenters. The van der Waals surface area contributed by atoms with Gasteiger partial charge in [0.25, 0.3) is 5.91 Å². The molecule has 156 valence electrons. The van der Waals surface area contributed by atoms with Crippen molar-refractivity contribution in [3.05, 3.63) is 51.6 Å². The van der Waals surface area contributed by atoms with Crippen LogP contribution in [0.15, 0.2) is 33.5 Å². The summed E-state index contributed by atoms with van der Waals surface area (Å²) in [5.74, 6) is 0.392. The molecule has 2 aromatic rings. The third-order valence-electron chi connectivity index (χ3n) is 4.66. The van der Waals surface area contributed by atoms with Crippen molar-refractivity contribution in [2.45, 2.75) is 52.9 Å². The first kappa shape index (κ1) is 22.2. The quantitative estimate of drug-likeness (QED) is 0.682. The van der Waals surface area contributed by atoms with Gasteiger partial charge >= 0.3 is 5.63 Å². The molecule has 7 heteroatoms. The molecule has 0 radical (unpaired) electrons. The van der Waals surface area contributed by atoms with Gasteiger partial charge < -0.3 is 19.8 Å². The molecule has 0 bridgehead atoms. The lowest BCUT2D eigenvalue weighted by Gasteiger charge is -2.13. The molecule has 1 unspecified atom stereocenters. The fourth-order valence-corrected chi connectivity index (χ4v) is 3.03. The van der Waals surface area contributed by atoms with Gasteiger partial charge in [0.15, 0.2) is 0 Å². The van der Waals surface area contributed by atoms with E-state index in [0.717, 1.165) is 12.8 Å². The molecule has 29 heavy (non-hydrogen) atoms. The van der Waals surface area contributed by atoms with E-state index in [1.807, 2.05) is 6.92 Å². The number of rotatable bonds is 8. The average molecular weight is 400 g/mol. The maximum atomic E-state index is 12.7. The molecule has 1 aromatic heterocycles. The Hall–Kier alpha value is -3.09. The average Bonchev–Trinajstić information content (AvgIpc) is 2.68. The molecule has 0 aliphatic heterocycles. The minimum absolute atomic E-state index is 0.0280. The fourth-order valence-electron chi connectivity index (χ4n) is 3.03. The van der Waals surface area contributed by atoms with Crippen LogP contribution >= 0.6 is 0 Å². The number of anilines is 2. The smallest absolute Gasteiger partial charge is 0.349 e. The molecule has 0 aliphatic rings. The van der Waals surface area contributed by atoms with Crippen molar-refractivity contribution >= 4 is 23.2 Å². The van der Waals surface area contributed by atoms with Gasteiger partial charge in [-0.1, -0.05) is 27.2 Å². The largest absolute Gasteiger partial charge is 0.494 e. The van der Waals surface area contributed by atoms with E-state index in [9.17, 15) is 14.4 Å². The van der Waals surface area contributed by atoms with Crippen LogP contribution in [0.2, 0.25) is 0 Å². The number of carbonyl (C=O) groups excluding carboxylic acids is 2. The maximum Gasteiger partial charge on any atom is 0.349 e. The third kappa shape index (κ3) is 5.47. The molecular weight excluding hydrogens is 372 g/mol. The Labute approximate surface area is 170 Å². The van der Waals surface area contributed by atoms with E-state index in [-0.39, 0.29) is 17.4 Å². The van der Waals surface area contributed by atoms with Crippen LogP contribution in [0.5, 0.6) is 5.75 Å². The predicted molar refractivity (Wildman–Crippen MR) is 113 cm³/mol. The van der Waals surface area contributed by atoms with Gasteiger partial charge in [0, 0.05) is 24.1 Å². The van der Waals surface area contributed by atoms with E-state index in [2.05, 4.69) is 17.6 Å². The number of ether oxygens (including phenoxy) is 1. The first-order valence-electron chi connectivity index (χ1n) is 9.74. The first-order valence-corrected chi connectivity index (χ1v) is 9.74. The molecule has 2 N–H and O–H groups in total. The van der Waals surface area contributed by atoms with E-state index in [4.69, 9.17) is 9.15 Å². The van der Waals surface area contributed by atoms with Crippen LogP contribution in [0.1, 0.15) is 67.6 Å². The van der Waals surface area contributed by atoms with Gasteiger partial charge in [-0.25, -0.2) is 4.79 Å². The highest BCUT2D eigenvalue weighted by Gasteiger charge is 2.19. The second kappa shape index (κ2) is 9.91. The molecule has 0 aliphatic carbocycles. The van der Waals surface area contributed by atoms with E-state index in [0.29, 0.717) is 34.9 Å². The summed E-state index contributed by atoms with van der Waals surface area (Å²) < 4.78 is 10.7. The highest BCUT2D eigenvalue weighted by Crippen LogP contribution is 2.28. The van der Waals surface area contributed by atoms with Crippen molar-refractivity contribution in [3.8, 4) is 5.75 Å². The molecule has 7 nitrogen and oxygen atoms in total. The molecular formula is C22H28N2O5. The molecule has 2 amide bonds. The van der Waals surface area contributed by atoms with Crippen molar-refractivity contribution in [1.82, 2.24) is 0 Å². The summed E-state index contributed by atoms with van der Waals surface area (Å²) in [7, 11) is 1.47. The fraction of sp³-hybridized carbons (Fsp3) is 0.409. The zero-order valence-corrected chi connectivity index (χ0v) is 17.5. The van der Waals surface area contributed by atoms with Gasteiger partial charge in [0.05, 0.1) is 12.8 Å². The predicted octanol–water partition coefficient (Wildman–Crippen LogP) is 4.46. The van der Waals surface area contributed by atoms with Crippen LogP contribution in [-0.4, -0.2) is 18.9 Å². The Bertz CT molecular complexity index is 949. The first-order chi connectivity index (χ1) is 13.8. The molecule has 0 saturated heterocycles. The Balaban J connectivity index is 2.26. The van der Waals surface area contributed by atoms with E-state index < -0.39 is 11.5 Å². The van der Waals surface area contributed by atoms with Crippen LogP contribution in [0.25, 0.3) is 0 Å². The number of nitrogens with one attached hydrogen (secondary N) is 2. The van der Waals surface area contributed by atoms with Gasteiger partial charge in [-0.3, -0.25) is 9.59 Å². The van der Waals surface area contributed by atoms with Gasteiger partial charge in [0.2, 0.25) is 5.91 Å². The van der Waals surface area contributed by atoms with Crippen LogP contribution < -0.4 is 21.0 Å². The van der Waals surface area contributed by atoms with Crippen molar-refractivity contribution < 1.29 is 18.7 Å². The lowest BCUT2D eigenvalue weighted by atomic mass is 10.0. The van der Waals surface area contributed by atoms with Crippen LogP contribution in [0.3, 0.4) is 0 Å². The number of carbonyl (C=O) groups is 2. The Morgan fingerprint density at radius 1 is 1.17 bits per heavy atom. The maximum absolute atomic E-state index is 12.7. The second-order valence-electron chi connectivity index (χ2n) is 6.95. The monoisotopic (exact) mass is 400 g/mol. The summed E-state index contributed by atoms with van der Waals surface area (Å²) in [6.45, 7) is 7.53. The van der Waals surface area contributed by atoms with Gasteiger partial charge in [0.1, 0.15) is 17.1 Å². The summed E-state index contributed by atoms with van der Waals surface area (Å²) in [5.41, 5.74) is 0.820. The minimum atomic E-state index is -0.653. The summed E-state index contributed by atoms with van der Waals surface area (Å²) in [6.07, 6.45) is 2.21. The van der Waals surface area contributed by atoms with Crippen molar-refractivity contribution in [3.63, 3.8) is 0 Å². The number of hydrogen-bond acceptors (Lipinski definition) is 5. The SMILES string of the molecule is CCCC(C)c1cc(C)c(C(=O)Nc2ccc(NC(=O)CC)c(OC)c2)c(=O)o1. The third-order valence-corrected chi connectivity index (χ3v) is 4.66. The van der Waals surface area contributed by atoms with Crippen molar-refractivity contribution in [2.75, 3.05) is 17.7 Å². The normalized spacial score (nSPS) is 11.6. The summed E-state index contributed by atoms with van der Waals surface area (Å²) >= 11 is 0. The Morgan fingerprint density at radius 3 is 2.48 bits per heavy atom. The highest BCUT2D eigenvalue weighted by molar-refractivity contribution is 6.05. The van der Waals surface area contributed by atoms with Crippen LogP contribution in [-0.2, 0) is 4.79 Å². The summed E-state index contributed by atoms with van der Waals surface area (Å²) in [4.78, 5) is 36.7. The van der Waals surface area contributed by atoms with E-state index in [1.54, 1.807) is 38.1 Å². The lowest BCUT2D eigenvalue weighted by molar-refractivity contribution is -0.115. The van der Waals surface area contributed by atoms with E-state index in [1.165, 1.54) is 7.11 Å². The number of amides is 2. The zero-order valence-electron chi connectivity index (χ0n) is 17.5.